The van der Waals surface area contributed by atoms with E-state index in [4.69, 9.17) is 0 Å². The molecule has 0 fully saturated rings. The molecule has 5 aromatic rings. The lowest BCUT2D eigenvalue weighted by atomic mass is 9.73. The lowest BCUT2D eigenvalue weighted by Crippen LogP contribution is -2.26. The van der Waals surface area contributed by atoms with E-state index in [9.17, 15) is 15.2 Å². The van der Waals surface area contributed by atoms with E-state index in [-0.39, 0.29) is 11.0 Å². The molecule has 0 saturated heterocycles. The molecule has 1 aliphatic carbocycles. The highest BCUT2D eigenvalue weighted by atomic mass is 31.1. The molecule has 1 aliphatic rings. The van der Waals surface area contributed by atoms with Crippen LogP contribution in [0.15, 0.2) is 115 Å². The van der Waals surface area contributed by atoms with Gasteiger partial charge < -0.3 is 5.11 Å². The fourth-order valence-corrected chi connectivity index (χ4v) is 8.73. The van der Waals surface area contributed by atoms with E-state index in [0.29, 0.717) is 0 Å². The fourth-order valence-electron chi connectivity index (χ4n) is 6.39. The maximum absolute atomic E-state index is 11.5. The van der Waals surface area contributed by atoms with Gasteiger partial charge in [0, 0.05) is 5.41 Å². The van der Waals surface area contributed by atoms with Crippen LogP contribution in [0.1, 0.15) is 43.4 Å². The largest absolute Gasteiger partial charge is 0.477 e. The monoisotopic (exact) mass is 551 g/mol. The number of rotatable bonds is 7. The number of hydrogen-bond donors (Lipinski definition) is 1. The lowest BCUT2D eigenvalue weighted by Gasteiger charge is -2.31. The summed E-state index contributed by atoms with van der Waals surface area (Å²) < 4.78 is 0. The molecule has 1 unspecified atom stereocenters. The van der Waals surface area contributed by atoms with Crippen LogP contribution in [-0.4, -0.2) is 11.1 Å². The van der Waals surface area contributed by atoms with Crippen LogP contribution in [0.4, 0.5) is 0 Å². The van der Waals surface area contributed by atoms with Gasteiger partial charge in [-0.1, -0.05) is 111 Å². The second kappa shape index (κ2) is 10.8. The van der Waals surface area contributed by atoms with Crippen molar-refractivity contribution in [1.29, 1.82) is 5.26 Å². The molecule has 1 N–H and O–H groups in total. The number of hydrogen-bond acceptors (Lipinski definition) is 2. The number of benzene rings is 5. The van der Waals surface area contributed by atoms with Gasteiger partial charge in [-0.15, -0.1) is 0 Å². The van der Waals surface area contributed by atoms with Crippen LogP contribution >= 0.6 is 7.92 Å². The van der Waals surface area contributed by atoms with Crippen LogP contribution < -0.4 is 15.9 Å². The average molecular weight is 552 g/mol. The van der Waals surface area contributed by atoms with Crippen molar-refractivity contribution in [2.75, 3.05) is 0 Å². The second-order valence-corrected chi connectivity index (χ2v) is 12.7. The SMILES string of the molecule is CCC1(CC)c2cc(/C=C(\C#N)C(=O)O)ccc2-c2ccc(P(c3ccccc3)c3ccc4ccccc4c3)cc21. The zero-order valence-corrected chi connectivity index (χ0v) is 24.0. The second-order valence-electron chi connectivity index (χ2n) is 10.5. The lowest BCUT2D eigenvalue weighted by molar-refractivity contribution is -0.132. The summed E-state index contributed by atoms with van der Waals surface area (Å²) in [6, 6.07) is 41.1. The summed E-state index contributed by atoms with van der Waals surface area (Å²) in [5.41, 5.74) is 5.26. The summed E-state index contributed by atoms with van der Waals surface area (Å²) in [6.45, 7) is 4.47. The van der Waals surface area contributed by atoms with Gasteiger partial charge in [-0.25, -0.2) is 4.79 Å². The molecule has 0 heterocycles. The quantitative estimate of drug-likeness (QED) is 0.128. The Labute approximate surface area is 242 Å². The van der Waals surface area contributed by atoms with E-state index in [1.54, 1.807) is 0 Å². The van der Waals surface area contributed by atoms with Crippen LogP contribution in [0.25, 0.3) is 28.0 Å². The number of carboxylic acid groups (broad SMARTS) is 1. The minimum absolute atomic E-state index is 0.193. The molecule has 0 radical (unpaired) electrons. The summed E-state index contributed by atoms with van der Waals surface area (Å²) in [5.74, 6) is -1.21. The summed E-state index contributed by atoms with van der Waals surface area (Å²) in [4.78, 5) is 11.5. The number of nitrogens with zero attached hydrogens (tertiary/aromatic N) is 1. The molecule has 200 valence electrons. The van der Waals surface area contributed by atoms with Crippen LogP contribution in [0, 0.1) is 11.3 Å². The average Bonchev–Trinajstić information content (AvgIpc) is 3.29. The summed E-state index contributed by atoms with van der Waals surface area (Å²) in [6.07, 6.45) is 3.31. The molecule has 0 bridgehead atoms. The zero-order valence-electron chi connectivity index (χ0n) is 23.1. The number of nitriles is 1. The number of fused-ring (bicyclic) bond motifs is 4. The Balaban J connectivity index is 1.52. The van der Waals surface area contributed by atoms with Gasteiger partial charge in [0.05, 0.1) is 0 Å². The minimum atomic E-state index is -1.21. The predicted molar refractivity (Wildman–Crippen MR) is 171 cm³/mol. The van der Waals surface area contributed by atoms with Gasteiger partial charge in [0.25, 0.3) is 0 Å². The standard InChI is InChI=1S/C37H30NO2P/c1-3-37(4-2)34-21-25(20-28(24-38)36(39)40)14-18-32(34)33-19-17-31(23-35(33)37)41(29-12-6-5-7-13-29)30-16-15-26-10-8-9-11-27(26)22-30/h5-23H,3-4H2,1-2H3,(H,39,40)/b28-20+. The van der Waals surface area contributed by atoms with E-state index in [0.717, 1.165) is 18.4 Å². The van der Waals surface area contributed by atoms with Crippen molar-refractivity contribution in [3.05, 3.63) is 131 Å². The third-order valence-electron chi connectivity index (χ3n) is 8.50. The van der Waals surface area contributed by atoms with Crippen molar-refractivity contribution >= 4 is 46.7 Å². The molecule has 0 saturated carbocycles. The van der Waals surface area contributed by atoms with Crippen LogP contribution in [0.2, 0.25) is 0 Å². The van der Waals surface area contributed by atoms with Gasteiger partial charge in [0.15, 0.2) is 0 Å². The highest BCUT2D eigenvalue weighted by Crippen LogP contribution is 2.53. The predicted octanol–water partition coefficient (Wildman–Crippen LogP) is 7.68. The molecule has 0 amide bonds. The Morgan fingerprint density at radius 3 is 2.05 bits per heavy atom. The molecule has 0 aliphatic heterocycles. The van der Waals surface area contributed by atoms with Gasteiger partial charge in [-0.2, -0.15) is 5.26 Å². The van der Waals surface area contributed by atoms with Crippen LogP contribution in [0.3, 0.4) is 0 Å². The third kappa shape index (κ3) is 4.55. The molecule has 0 aromatic heterocycles. The topological polar surface area (TPSA) is 61.1 Å². The molecule has 6 rings (SSSR count). The van der Waals surface area contributed by atoms with Gasteiger partial charge in [-0.3, -0.25) is 0 Å². The number of carbonyl (C=O) groups is 1. The van der Waals surface area contributed by atoms with Gasteiger partial charge in [0.1, 0.15) is 11.6 Å². The van der Waals surface area contributed by atoms with E-state index in [1.165, 1.54) is 55.0 Å². The van der Waals surface area contributed by atoms with Crippen molar-refractivity contribution in [1.82, 2.24) is 0 Å². The Bertz CT molecular complexity index is 1860. The van der Waals surface area contributed by atoms with Crippen molar-refractivity contribution in [3.8, 4) is 17.2 Å². The third-order valence-corrected chi connectivity index (χ3v) is 10.9. The number of aliphatic carboxylic acids is 1. The van der Waals surface area contributed by atoms with E-state index < -0.39 is 13.9 Å². The van der Waals surface area contributed by atoms with Crippen molar-refractivity contribution in [2.45, 2.75) is 32.1 Å². The first-order valence-electron chi connectivity index (χ1n) is 14.0. The minimum Gasteiger partial charge on any atom is -0.477 e. The normalized spacial score (nSPS) is 14.2. The molecule has 41 heavy (non-hydrogen) atoms. The number of carboxylic acids is 1. The molecule has 1 atom stereocenters. The Kier molecular flexibility index (Phi) is 7.04. The van der Waals surface area contributed by atoms with Gasteiger partial charge in [-0.05, 0) is 93.5 Å². The highest BCUT2D eigenvalue weighted by molar-refractivity contribution is 7.79. The zero-order chi connectivity index (χ0) is 28.6. The molecule has 3 nitrogen and oxygen atoms in total. The highest BCUT2D eigenvalue weighted by Gasteiger charge is 2.41. The van der Waals surface area contributed by atoms with E-state index >= 15 is 0 Å². The van der Waals surface area contributed by atoms with E-state index in [2.05, 4.69) is 117 Å². The van der Waals surface area contributed by atoms with Gasteiger partial charge in [0.2, 0.25) is 0 Å². The Morgan fingerprint density at radius 1 is 0.756 bits per heavy atom. The van der Waals surface area contributed by atoms with Gasteiger partial charge >= 0.3 is 5.97 Å². The molecular formula is C37H30NO2P. The van der Waals surface area contributed by atoms with Crippen LogP contribution in [-0.2, 0) is 10.2 Å². The smallest absolute Gasteiger partial charge is 0.346 e. The fraction of sp³-hybridized carbons (Fsp3) is 0.135. The summed E-state index contributed by atoms with van der Waals surface area (Å²) in [7, 11) is -0.792. The van der Waals surface area contributed by atoms with Crippen molar-refractivity contribution in [3.63, 3.8) is 0 Å². The maximum atomic E-state index is 11.5. The van der Waals surface area contributed by atoms with Crippen molar-refractivity contribution < 1.29 is 9.90 Å². The molecule has 5 aromatic carbocycles. The molecular weight excluding hydrogens is 521 g/mol. The first-order valence-corrected chi connectivity index (χ1v) is 15.3. The Morgan fingerprint density at radius 2 is 1.37 bits per heavy atom. The summed E-state index contributed by atoms with van der Waals surface area (Å²) in [5, 5.41) is 25.2. The maximum Gasteiger partial charge on any atom is 0.346 e. The van der Waals surface area contributed by atoms with Crippen molar-refractivity contribution in [2.24, 2.45) is 0 Å². The van der Waals surface area contributed by atoms with Crippen LogP contribution in [0.5, 0.6) is 0 Å². The first kappa shape index (κ1) is 26.7. The Hall–Kier alpha value is -4.51. The molecule has 0 spiro atoms. The molecule has 4 heteroatoms. The summed E-state index contributed by atoms with van der Waals surface area (Å²) >= 11 is 0. The first-order chi connectivity index (χ1) is 20.0. The van der Waals surface area contributed by atoms with E-state index in [1.807, 2.05) is 12.1 Å².